The van der Waals surface area contributed by atoms with Crippen molar-refractivity contribution in [1.29, 1.82) is 0 Å². The van der Waals surface area contributed by atoms with Crippen LogP contribution in [-0.2, 0) is 9.47 Å². The van der Waals surface area contributed by atoms with Gasteiger partial charge in [-0.1, -0.05) is 6.42 Å². The van der Waals surface area contributed by atoms with Crippen LogP contribution >= 0.6 is 24.0 Å². The highest BCUT2D eigenvalue weighted by Gasteiger charge is 2.59. The van der Waals surface area contributed by atoms with Crippen molar-refractivity contribution in [3.63, 3.8) is 0 Å². The van der Waals surface area contributed by atoms with Gasteiger partial charge in [-0.25, -0.2) is 0 Å². The molecule has 1 heterocycles. The fourth-order valence-electron chi connectivity index (χ4n) is 4.34. The smallest absolute Gasteiger partial charge is 0.193 e. The van der Waals surface area contributed by atoms with Crippen LogP contribution in [0.5, 0.6) is 0 Å². The van der Waals surface area contributed by atoms with Crippen LogP contribution in [0.15, 0.2) is 4.99 Å². The van der Waals surface area contributed by atoms with Gasteiger partial charge >= 0.3 is 0 Å². The predicted molar refractivity (Wildman–Crippen MR) is 104 cm³/mol. The van der Waals surface area contributed by atoms with Crippen molar-refractivity contribution in [1.82, 2.24) is 10.2 Å². The Labute approximate surface area is 157 Å². The van der Waals surface area contributed by atoms with Gasteiger partial charge < -0.3 is 19.7 Å². The molecule has 3 aliphatic rings. The van der Waals surface area contributed by atoms with Crippen LogP contribution in [0.25, 0.3) is 0 Å². The largest absolute Gasteiger partial charge is 0.381 e. The summed E-state index contributed by atoms with van der Waals surface area (Å²) in [6, 6.07) is 0.527. The number of hydrogen-bond acceptors (Lipinski definition) is 3. The second kappa shape index (κ2) is 8.34. The van der Waals surface area contributed by atoms with E-state index >= 15 is 0 Å². The van der Waals surface area contributed by atoms with Crippen molar-refractivity contribution in [2.45, 2.75) is 51.2 Å². The van der Waals surface area contributed by atoms with Gasteiger partial charge in [0.1, 0.15) is 0 Å². The molecule has 0 aromatic rings. The highest BCUT2D eigenvalue weighted by Crippen LogP contribution is 2.57. The lowest BCUT2D eigenvalue weighted by molar-refractivity contribution is -0.168. The molecule has 0 bridgehead atoms. The Morgan fingerprint density at radius 3 is 2.74 bits per heavy atom. The van der Waals surface area contributed by atoms with Crippen molar-refractivity contribution in [3.8, 4) is 0 Å². The molecule has 0 radical (unpaired) electrons. The molecule has 2 aliphatic carbocycles. The molecule has 1 N–H and O–H groups in total. The second-order valence-corrected chi connectivity index (χ2v) is 7.12. The zero-order chi connectivity index (χ0) is 15.6. The first-order valence-electron chi connectivity index (χ1n) is 8.83. The van der Waals surface area contributed by atoms with E-state index in [1.807, 2.05) is 7.05 Å². The van der Waals surface area contributed by atoms with Crippen LogP contribution in [0.1, 0.15) is 39.0 Å². The minimum atomic E-state index is 0. The Hall–Kier alpha value is -0.0800. The number of rotatable bonds is 5. The van der Waals surface area contributed by atoms with Crippen molar-refractivity contribution >= 4 is 29.9 Å². The molecular weight excluding hydrogens is 405 g/mol. The van der Waals surface area contributed by atoms with Crippen LogP contribution in [0.3, 0.4) is 0 Å². The molecule has 6 heteroatoms. The average Bonchev–Trinajstić information content (AvgIpc) is 2.93. The van der Waals surface area contributed by atoms with Gasteiger partial charge in [0.15, 0.2) is 5.96 Å². The zero-order valence-electron chi connectivity index (χ0n) is 14.7. The van der Waals surface area contributed by atoms with E-state index in [1.165, 1.54) is 25.7 Å². The number of nitrogens with zero attached hydrogens (tertiary/aromatic N) is 2. The molecule has 134 valence electrons. The second-order valence-electron chi connectivity index (χ2n) is 7.12. The van der Waals surface area contributed by atoms with Gasteiger partial charge in [0.05, 0.1) is 12.7 Å². The van der Waals surface area contributed by atoms with Gasteiger partial charge in [-0.3, -0.25) is 4.99 Å². The molecule has 3 fully saturated rings. The Balaban J connectivity index is 0.00000192. The number of nitrogens with one attached hydrogen (secondary N) is 1. The number of hydrogen-bond donors (Lipinski definition) is 1. The summed E-state index contributed by atoms with van der Waals surface area (Å²) in [7, 11) is 4.02. The number of aliphatic imine (C=N–C) groups is 1. The Morgan fingerprint density at radius 2 is 2.22 bits per heavy atom. The summed E-state index contributed by atoms with van der Waals surface area (Å²) < 4.78 is 11.4. The van der Waals surface area contributed by atoms with Crippen molar-refractivity contribution in [2.24, 2.45) is 16.3 Å². The van der Waals surface area contributed by atoms with Crippen LogP contribution in [0.4, 0.5) is 0 Å². The summed E-state index contributed by atoms with van der Waals surface area (Å²) in [5.74, 6) is 1.66. The van der Waals surface area contributed by atoms with E-state index in [9.17, 15) is 0 Å². The minimum absolute atomic E-state index is 0. The molecule has 2 saturated carbocycles. The SMILES string of the molecule is CCOC1CC(NC(=NC)N(C)CC2CCOC2)C12CCC2.I. The average molecular weight is 437 g/mol. The molecule has 1 spiro atoms. The van der Waals surface area contributed by atoms with Crippen LogP contribution in [0, 0.1) is 11.3 Å². The fraction of sp³-hybridized carbons (Fsp3) is 0.941. The maximum absolute atomic E-state index is 5.94. The molecule has 0 aromatic carbocycles. The lowest BCUT2D eigenvalue weighted by Gasteiger charge is -2.61. The van der Waals surface area contributed by atoms with Crippen LogP contribution < -0.4 is 5.32 Å². The normalized spacial score (nSPS) is 32.0. The maximum Gasteiger partial charge on any atom is 0.193 e. The lowest BCUT2D eigenvalue weighted by atomic mass is 9.51. The van der Waals surface area contributed by atoms with Crippen molar-refractivity contribution < 1.29 is 9.47 Å². The summed E-state index contributed by atoms with van der Waals surface area (Å²) >= 11 is 0. The number of halogens is 1. The highest BCUT2D eigenvalue weighted by molar-refractivity contribution is 14.0. The topological polar surface area (TPSA) is 46.1 Å². The number of guanidine groups is 1. The molecule has 23 heavy (non-hydrogen) atoms. The fourth-order valence-corrected chi connectivity index (χ4v) is 4.34. The Morgan fingerprint density at radius 1 is 1.43 bits per heavy atom. The van der Waals surface area contributed by atoms with E-state index in [2.05, 4.69) is 29.2 Å². The summed E-state index contributed by atoms with van der Waals surface area (Å²) in [5, 5.41) is 3.71. The van der Waals surface area contributed by atoms with E-state index in [1.54, 1.807) is 0 Å². The first-order valence-corrected chi connectivity index (χ1v) is 8.83. The molecule has 0 aromatic heterocycles. The van der Waals surface area contributed by atoms with Crippen molar-refractivity contribution in [3.05, 3.63) is 0 Å². The highest BCUT2D eigenvalue weighted by atomic mass is 127. The molecule has 3 rings (SSSR count). The van der Waals surface area contributed by atoms with Gasteiger partial charge in [-0.05, 0) is 32.6 Å². The molecule has 1 saturated heterocycles. The van der Waals surface area contributed by atoms with Gasteiger partial charge in [0, 0.05) is 51.2 Å². The summed E-state index contributed by atoms with van der Waals surface area (Å²) in [6.07, 6.45) is 6.68. The van der Waals surface area contributed by atoms with Crippen LogP contribution in [0.2, 0.25) is 0 Å². The first kappa shape index (κ1) is 19.2. The summed E-state index contributed by atoms with van der Waals surface area (Å²) in [4.78, 5) is 6.76. The van der Waals surface area contributed by atoms with Gasteiger partial charge in [-0.15, -0.1) is 24.0 Å². The standard InChI is InChI=1S/C17H31N3O2.HI/c1-4-22-15-10-14(17(15)7-5-8-17)19-16(18-2)20(3)11-13-6-9-21-12-13;/h13-15H,4-12H2,1-3H3,(H,18,19);1H. The zero-order valence-corrected chi connectivity index (χ0v) is 17.0. The third kappa shape index (κ3) is 3.79. The van der Waals surface area contributed by atoms with Crippen LogP contribution in [-0.4, -0.2) is 63.5 Å². The quantitative estimate of drug-likeness (QED) is 0.408. The minimum Gasteiger partial charge on any atom is -0.381 e. The van der Waals surface area contributed by atoms with E-state index in [-0.39, 0.29) is 24.0 Å². The Kier molecular flexibility index (Phi) is 6.98. The van der Waals surface area contributed by atoms with Gasteiger partial charge in [0.25, 0.3) is 0 Å². The maximum atomic E-state index is 5.94. The summed E-state index contributed by atoms with van der Waals surface area (Å²) in [5.41, 5.74) is 0.378. The molecular formula is C17H32IN3O2. The lowest BCUT2D eigenvalue weighted by Crippen LogP contribution is -2.68. The monoisotopic (exact) mass is 437 g/mol. The molecule has 5 nitrogen and oxygen atoms in total. The molecule has 3 atom stereocenters. The third-order valence-electron chi connectivity index (χ3n) is 5.87. The van der Waals surface area contributed by atoms with E-state index in [0.717, 1.165) is 38.7 Å². The number of ether oxygens (including phenoxy) is 2. The molecule has 1 aliphatic heterocycles. The third-order valence-corrected chi connectivity index (χ3v) is 5.87. The predicted octanol–water partition coefficient (Wildman–Crippen LogP) is 2.50. The van der Waals surface area contributed by atoms with Gasteiger partial charge in [0.2, 0.25) is 0 Å². The first-order chi connectivity index (χ1) is 10.7. The molecule has 0 amide bonds. The van der Waals surface area contributed by atoms with Gasteiger partial charge in [-0.2, -0.15) is 0 Å². The van der Waals surface area contributed by atoms with Crippen molar-refractivity contribution in [2.75, 3.05) is 40.5 Å². The molecule has 3 unspecified atom stereocenters. The van der Waals surface area contributed by atoms with E-state index < -0.39 is 0 Å². The van der Waals surface area contributed by atoms with E-state index in [0.29, 0.717) is 23.5 Å². The van der Waals surface area contributed by atoms with E-state index in [4.69, 9.17) is 9.47 Å². The summed E-state index contributed by atoms with van der Waals surface area (Å²) in [6.45, 7) is 5.75. The Bertz CT molecular complexity index is 409.